The third-order valence-corrected chi connectivity index (χ3v) is 5.84. The minimum atomic E-state index is -0.640. The summed E-state index contributed by atoms with van der Waals surface area (Å²) in [4.78, 5) is 19.1. The monoisotopic (exact) mass is 448 g/mol. The second kappa shape index (κ2) is 9.72. The number of fused-ring (bicyclic) bond motifs is 1. The molecule has 4 rings (SSSR count). The molecule has 4 N–H and O–H groups in total. The Morgan fingerprint density at radius 1 is 1.18 bits per heavy atom. The van der Waals surface area contributed by atoms with Crippen LogP contribution in [-0.4, -0.2) is 56.8 Å². The molecule has 0 unspecified atom stereocenters. The predicted octanol–water partition coefficient (Wildman–Crippen LogP) is 2.99. The number of aromatic amines is 1. The van der Waals surface area contributed by atoms with Crippen LogP contribution in [0.2, 0.25) is 0 Å². The molecule has 8 nitrogen and oxygen atoms in total. The molecule has 0 aliphatic carbocycles. The largest absolute Gasteiger partial charge is 0.390 e. The topological polar surface area (TPSA) is 106 Å². The van der Waals surface area contributed by atoms with E-state index in [1.54, 1.807) is 18.3 Å². The maximum atomic E-state index is 12.6. The molecular formula is C25H32N6O2. The molecule has 1 amide bonds. The van der Waals surface area contributed by atoms with Crippen LogP contribution in [-0.2, 0) is 18.4 Å². The van der Waals surface area contributed by atoms with Gasteiger partial charge in [0.25, 0.3) is 5.91 Å². The second-order valence-electron chi connectivity index (χ2n) is 9.59. The van der Waals surface area contributed by atoms with Crippen molar-refractivity contribution in [1.29, 1.82) is 0 Å². The quantitative estimate of drug-likeness (QED) is 0.443. The van der Waals surface area contributed by atoms with E-state index in [4.69, 9.17) is 0 Å². The Balaban J connectivity index is 1.28. The number of benzene rings is 1. The molecule has 0 radical (unpaired) electrons. The highest BCUT2D eigenvalue weighted by molar-refractivity contribution is 5.94. The van der Waals surface area contributed by atoms with Crippen LogP contribution < -0.4 is 10.6 Å². The summed E-state index contributed by atoms with van der Waals surface area (Å²) in [6, 6.07) is 13.7. The van der Waals surface area contributed by atoms with Gasteiger partial charge in [0.15, 0.2) is 5.82 Å². The van der Waals surface area contributed by atoms with Crippen LogP contribution in [0.3, 0.4) is 0 Å². The van der Waals surface area contributed by atoms with E-state index < -0.39 is 6.10 Å². The molecule has 2 aromatic heterocycles. The molecule has 174 valence electrons. The fourth-order valence-corrected chi connectivity index (χ4v) is 3.93. The zero-order chi connectivity index (χ0) is 23.4. The lowest BCUT2D eigenvalue weighted by atomic mass is 9.92. The number of anilines is 2. The number of nitrogens with zero attached hydrogens (tertiary/aromatic N) is 3. The summed E-state index contributed by atoms with van der Waals surface area (Å²) < 4.78 is 0. The van der Waals surface area contributed by atoms with Crippen LogP contribution in [0.5, 0.6) is 0 Å². The highest BCUT2D eigenvalue weighted by Crippen LogP contribution is 2.23. The molecule has 33 heavy (non-hydrogen) atoms. The van der Waals surface area contributed by atoms with Crippen molar-refractivity contribution in [3.05, 3.63) is 71.0 Å². The number of H-pyrrole nitrogens is 1. The minimum absolute atomic E-state index is 0.0412. The second-order valence-corrected chi connectivity index (χ2v) is 9.59. The van der Waals surface area contributed by atoms with Gasteiger partial charge >= 0.3 is 0 Å². The predicted molar refractivity (Wildman–Crippen MR) is 129 cm³/mol. The van der Waals surface area contributed by atoms with Crippen LogP contribution >= 0.6 is 0 Å². The molecule has 1 aliphatic rings. The van der Waals surface area contributed by atoms with Gasteiger partial charge in [0, 0.05) is 55.1 Å². The van der Waals surface area contributed by atoms with E-state index in [1.807, 2.05) is 12.1 Å². The number of amides is 1. The maximum absolute atomic E-state index is 12.6. The smallest absolute Gasteiger partial charge is 0.251 e. The van der Waals surface area contributed by atoms with Crippen molar-refractivity contribution >= 4 is 17.5 Å². The number of pyridine rings is 1. The lowest BCUT2D eigenvalue weighted by Gasteiger charge is -2.30. The van der Waals surface area contributed by atoms with Gasteiger partial charge in [0.1, 0.15) is 5.82 Å². The summed E-state index contributed by atoms with van der Waals surface area (Å²) in [5, 5.41) is 23.7. The van der Waals surface area contributed by atoms with E-state index in [-0.39, 0.29) is 17.9 Å². The van der Waals surface area contributed by atoms with Gasteiger partial charge in [-0.25, -0.2) is 4.98 Å². The molecule has 0 spiro atoms. The van der Waals surface area contributed by atoms with Crippen LogP contribution in [0.25, 0.3) is 0 Å². The van der Waals surface area contributed by atoms with Crippen LogP contribution in [0, 0.1) is 0 Å². The molecule has 0 bridgehead atoms. The molecule has 0 fully saturated rings. The zero-order valence-corrected chi connectivity index (χ0v) is 19.4. The number of aromatic nitrogens is 3. The highest BCUT2D eigenvalue weighted by Gasteiger charge is 2.19. The fraction of sp³-hybridized carbons (Fsp3) is 0.400. The van der Waals surface area contributed by atoms with E-state index in [9.17, 15) is 9.90 Å². The Morgan fingerprint density at radius 3 is 2.73 bits per heavy atom. The Kier molecular flexibility index (Phi) is 6.76. The van der Waals surface area contributed by atoms with Crippen LogP contribution in [0.1, 0.15) is 48.0 Å². The first-order valence-corrected chi connectivity index (χ1v) is 11.3. The van der Waals surface area contributed by atoms with Crippen molar-refractivity contribution in [3.8, 4) is 0 Å². The number of rotatable bonds is 7. The number of aliphatic hydroxyl groups excluding tert-OH is 1. The first-order valence-electron chi connectivity index (χ1n) is 11.3. The van der Waals surface area contributed by atoms with Gasteiger partial charge in [-0.05, 0) is 29.7 Å². The van der Waals surface area contributed by atoms with E-state index in [0.717, 1.165) is 25.2 Å². The van der Waals surface area contributed by atoms with Gasteiger partial charge in [-0.1, -0.05) is 45.0 Å². The van der Waals surface area contributed by atoms with Crippen molar-refractivity contribution in [2.24, 2.45) is 0 Å². The Morgan fingerprint density at radius 2 is 1.97 bits per heavy atom. The van der Waals surface area contributed by atoms with Crippen molar-refractivity contribution in [2.75, 3.05) is 25.0 Å². The minimum Gasteiger partial charge on any atom is -0.390 e. The number of carbonyl (C=O) groups is 1. The van der Waals surface area contributed by atoms with Crippen LogP contribution in [0.15, 0.2) is 48.7 Å². The molecular weight excluding hydrogens is 416 g/mol. The summed E-state index contributed by atoms with van der Waals surface area (Å²) >= 11 is 0. The molecule has 0 saturated carbocycles. The third kappa shape index (κ3) is 5.97. The van der Waals surface area contributed by atoms with Gasteiger partial charge in [-0.15, -0.1) is 0 Å². The Labute approximate surface area is 194 Å². The van der Waals surface area contributed by atoms with E-state index in [0.29, 0.717) is 23.7 Å². The van der Waals surface area contributed by atoms with Gasteiger partial charge < -0.3 is 15.7 Å². The molecule has 0 saturated heterocycles. The van der Waals surface area contributed by atoms with Crippen molar-refractivity contribution in [1.82, 2.24) is 25.4 Å². The first-order chi connectivity index (χ1) is 15.8. The normalized spacial score (nSPS) is 15.0. The van der Waals surface area contributed by atoms with E-state index in [2.05, 4.69) is 69.7 Å². The molecule has 8 heteroatoms. The van der Waals surface area contributed by atoms with E-state index in [1.165, 1.54) is 11.1 Å². The molecule has 3 aromatic rings. The van der Waals surface area contributed by atoms with Crippen molar-refractivity contribution in [3.63, 3.8) is 0 Å². The summed E-state index contributed by atoms with van der Waals surface area (Å²) in [5.41, 5.74) is 4.12. The SMILES string of the molecule is CC(C)(C)c1cc(Nc2cc(C(=O)NC[C@H](O)CN3CCc4ccccc4C3)ccn2)n[nH]1. The summed E-state index contributed by atoms with van der Waals surface area (Å²) in [7, 11) is 0. The first kappa shape index (κ1) is 22.9. The fourth-order valence-electron chi connectivity index (χ4n) is 3.93. The van der Waals surface area contributed by atoms with Gasteiger partial charge in [-0.2, -0.15) is 5.10 Å². The number of carbonyl (C=O) groups excluding carboxylic acids is 1. The lowest BCUT2D eigenvalue weighted by Crippen LogP contribution is -2.42. The third-order valence-electron chi connectivity index (χ3n) is 5.84. The molecule has 1 aliphatic heterocycles. The van der Waals surface area contributed by atoms with Gasteiger partial charge in [0.2, 0.25) is 0 Å². The maximum Gasteiger partial charge on any atom is 0.251 e. The Hall–Kier alpha value is -3.23. The lowest BCUT2D eigenvalue weighted by molar-refractivity contribution is 0.0842. The average Bonchev–Trinajstić information content (AvgIpc) is 3.27. The Bertz CT molecular complexity index is 1100. The van der Waals surface area contributed by atoms with E-state index >= 15 is 0 Å². The van der Waals surface area contributed by atoms with Crippen molar-refractivity contribution in [2.45, 2.75) is 45.3 Å². The summed E-state index contributed by atoms with van der Waals surface area (Å²) in [5.74, 6) is 0.923. The number of aliphatic hydroxyl groups is 1. The van der Waals surface area contributed by atoms with Gasteiger partial charge in [-0.3, -0.25) is 14.8 Å². The molecule has 1 atom stereocenters. The van der Waals surface area contributed by atoms with Crippen molar-refractivity contribution < 1.29 is 9.90 Å². The highest BCUT2D eigenvalue weighted by atomic mass is 16.3. The number of β-amino-alcohol motifs (C(OH)–C–C–N with tert-alkyl or cyclic N) is 1. The van der Waals surface area contributed by atoms with Gasteiger partial charge in [0.05, 0.1) is 6.10 Å². The number of hydrogen-bond donors (Lipinski definition) is 4. The summed E-state index contributed by atoms with van der Waals surface area (Å²) in [6.45, 7) is 8.75. The average molecular weight is 449 g/mol. The number of hydrogen-bond acceptors (Lipinski definition) is 6. The van der Waals surface area contributed by atoms with Crippen LogP contribution in [0.4, 0.5) is 11.6 Å². The molecule has 1 aromatic carbocycles. The zero-order valence-electron chi connectivity index (χ0n) is 19.4. The summed E-state index contributed by atoms with van der Waals surface area (Å²) in [6.07, 6.45) is 1.92. The standard InChI is InChI=1S/C25H32N6O2/c1-25(2,3)21-13-23(30-29-21)28-22-12-18(8-10-26-22)24(33)27-14-20(32)16-31-11-9-17-6-4-5-7-19(17)15-31/h4-8,10,12-13,20,32H,9,11,14-16H2,1-3H3,(H,27,33)(H2,26,28,29,30)/t20-/m0/s1. The molecule has 3 heterocycles. The number of nitrogens with one attached hydrogen (secondary N) is 3.